The Hall–Kier alpha value is -0.220. The van der Waals surface area contributed by atoms with Crippen LogP contribution < -0.4 is 5.32 Å². The maximum atomic E-state index is 11.7. The second-order valence-corrected chi connectivity index (χ2v) is 7.14. The van der Waals surface area contributed by atoms with Gasteiger partial charge in [0.2, 0.25) is 0 Å². The van der Waals surface area contributed by atoms with E-state index < -0.39 is 11.5 Å². The van der Waals surface area contributed by atoms with Gasteiger partial charge >= 0.3 is 5.97 Å². The zero-order valence-corrected chi connectivity index (χ0v) is 13.4. The summed E-state index contributed by atoms with van der Waals surface area (Å²) in [6, 6.07) is 0.226. The van der Waals surface area contributed by atoms with E-state index in [0.29, 0.717) is 5.92 Å². The average Bonchev–Trinajstić information content (AvgIpc) is 2.72. The minimum atomic E-state index is -0.667. The van der Waals surface area contributed by atoms with E-state index in [1.807, 2.05) is 25.6 Å². The standard InChI is InChI=1S/C15H29NO2S/c1-4-5-10-19-11-8-13-7-6-9-15(13,14(17)18)16-12(2)3/h12-13,16H,4-11H2,1-3H3,(H,17,18). The summed E-state index contributed by atoms with van der Waals surface area (Å²) in [7, 11) is 0. The van der Waals surface area contributed by atoms with E-state index in [1.165, 1.54) is 18.6 Å². The predicted molar refractivity (Wildman–Crippen MR) is 82.8 cm³/mol. The van der Waals surface area contributed by atoms with Crippen molar-refractivity contribution in [1.82, 2.24) is 5.32 Å². The Labute approximate surface area is 121 Å². The first-order valence-electron chi connectivity index (χ1n) is 7.61. The van der Waals surface area contributed by atoms with E-state index in [-0.39, 0.29) is 6.04 Å². The lowest BCUT2D eigenvalue weighted by Gasteiger charge is -2.34. The van der Waals surface area contributed by atoms with Crippen LogP contribution in [0, 0.1) is 5.92 Å². The molecule has 112 valence electrons. The number of hydrogen-bond acceptors (Lipinski definition) is 3. The first-order valence-corrected chi connectivity index (χ1v) is 8.77. The number of carbonyl (C=O) groups is 1. The SMILES string of the molecule is CCCCSCCC1CCCC1(NC(C)C)C(=O)O. The van der Waals surface area contributed by atoms with Gasteiger partial charge < -0.3 is 5.11 Å². The second kappa shape index (κ2) is 8.15. The van der Waals surface area contributed by atoms with E-state index >= 15 is 0 Å². The molecule has 1 aliphatic carbocycles. The predicted octanol–water partition coefficient (Wildman–Crippen LogP) is 3.53. The van der Waals surface area contributed by atoms with Gasteiger partial charge in [-0.15, -0.1) is 0 Å². The molecule has 0 spiro atoms. The lowest BCUT2D eigenvalue weighted by atomic mass is 9.84. The van der Waals surface area contributed by atoms with Crippen molar-refractivity contribution >= 4 is 17.7 Å². The van der Waals surface area contributed by atoms with Gasteiger partial charge in [0.1, 0.15) is 5.54 Å². The molecule has 0 aromatic heterocycles. The first-order chi connectivity index (χ1) is 9.03. The van der Waals surface area contributed by atoms with E-state index in [1.54, 1.807) is 0 Å². The van der Waals surface area contributed by atoms with Gasteiger partial charge in [-0.1, -0.05) is 19.8 Å². The molecule has 1 aliphatic rings. The fourth-order valence-corrected chi connectivity index (χ4v) is 4.24. The molecule has 2 atom stereocenters. The number of nitrogens with one attached hydrogen (secondary N) is 1. The minimum Gasteiger partial charge on any atom is -0.480 e. The number of thioether (sulfide) groups is 1. The summed E-state index contributed by atoms with van der Waals surface area (Å²) in [5.74, 6) is 1.95. The van der Waals surface area contributed by atoms with Gasteiger partial charge in [-0.2, -0.15) is 11.8 Å². The molecule has 2 N–H and O–H groups in total. The molecule has 0 bridgehead atoms. The van der Waals surface area contributed by atoms with Gasteiger partial charge in [-0.3, -0.25) is 10.1 Å². The number of carboxylic acids is 1. The van der Waals surface area contributed by atoms with Crippen molar-refractivity contribution in [1.29, 1.82) is 0 Å². The quantitative estimate of drug-likeness (QED) is 0.637. The summed E-state index contributed by atoms with van der Waals surface area (Å²) in [4.78, 5) is 11.7. The minimum absolute atomic E-state index is 0.226. The van der Waals surface area contributed by atoms with Crippen molar-refractivity contribution in [2.75, 3.05) is 11.5 Å². The van der Waals surface area contributed by atoms with Crippen LogP contribution in [0.5, 0.6) is 0 Å². The number of rotatable bonds is 9. The normalized spacial score (nSPS) is 27.1. The van der Waals surface area contributed by atoms with Crippen LogP contribution in [0.3, 0.4) is 0 Å². The summed E-state index contributed by atoms with van der Waals surface area (Å²) in [5.41, 5.74) is -0.667. The summed E-state index contributed by atoms with van der Waals surface area (Å²) >= 11 is 1.98. The Morgan fingerprint density at radius 2 is 2.21 bits per heavy atom. The molecule has 1 rings (SSSR count). The third-order valence-corrected chi connectivity index (χ3v) is 5.10. The van der Waals surface area contributed by atoms with Crippen LogP contribution in [0.25, 0.3) is 0 Å². The van der Waals surface area contributed by atoms with E-state index in [9.17, 15) is 9.90 Å². The Balaban J connectivity index is 2.51. The summed E-state index contributed by atoms with van der Waals surface area (Å²) in [6.07, 6.45) is 6.41. The molecular formula is C15H29NO2S. The maximum absolute atomic E-state index is 11.7. The molecule has 19 heavy (non-hydrogen) atoms. The summed E-state index contributed by atoms with van der Waals surface area (Å²) < 4.78 is 0. The van der Waals surface area contributed by atoms with Crippen molar-refractivity contribution in [3.8, 4) is 0 Å². The number of hydrogen-bond donors (Lipinski definition) is 2. The zero-order valence-electron chi connectivity index (χ0n) is 12.6. The molecule has 0 aliphatic heterocycles. The zero-order chi connectivity index (χ0) is 14.3. The summed E-state index contributed by atoms with van der Waals surface area (Å²) in [5, 5.41) is 13.0. The second-order valence-electron chi connectivity index (χ2n) is 5.92. The summed E-state index contributed by atoms with van der Waals surface area (Å²) in [6.45, 7) is 6.28. The van der Waals surface area contributed by atoms with Crippen LogP contribution in [0.15, 0.2) is 0 Å². The Bertz CT molecular complexity index is 283. The Kier molecular flexibility index (Phi) is 7.22. The fraction of sp³-hybridized carbons (Fsp3) is 0.933. The van der Waals surface area contributed by atoms with Crippen molar-refractivity contribution in [3.05, 3.63) is 0 Å². The van der Waals surface area contributed by atoms with E-state index in [2.05, 4.69) is 12.2 Å². The fourth-order valence-electron chi connectivity index (χ4n) is 3.09. The van der Waals surface area contributed by atoms with Crippen molar-refractivity contribution in [2.45, 2.75) is 70.9 Å². The van der Waals surface area contributed by atoms with Crippen LogP contribution in [-0.4, -0.2) is 34.2 Å². The van der Waals surface area contributed by atoms with Gasteiger partial charge in [0, 0.05) is 6.04 Å². The maximum Gasteiger partial charge on any atom is 0.324 e. The molecule has 0 aromatic rings. The first kappa shape index (κ1) is 16.8. The molecule has 0 aromatic carbocycles. The van der Waals surface area contributed by atoms with E-state index in [0.717, 1.165) is 31.4 Å². The Morgan fingerprint density at radius 1 is 1.47 bits per heavy atom. The highest BCUT2D eigenvalue weighted by molar-refractivity contribution is 7.99. The number of aliphatic carboxylic acids is 1. The van der Waals surface area contributed by atoms with Gasteiger partial charge in [-0.05, 0) is 57.0 Å². The third kappa shape index (κ3) is 4.67. The van der Waals surface area contributed by atoms with E-state index in [4.69, 9.17) is 0 Å². The van der Waals surface area contributed by atoms with Crippen molar-refractivity contribution in [3.63, 3.8) is 0 Å². The molecule has 0 amide bonds. The highest BCUT2D eigenvalue weighted by Crippen LogP contribution is 2.39. The van der Waals surface area contributed by atoms with Gasteiger partial charge in [0.05, 0.1) is 0 Å². The molecule has 4 heteroatoms. The molecule has 2 unspecified atom stereocenters. The molecule has 0 radical (unpaired) electrons. The number of unbranched alkanes of at least 4 members (excludes halogenated alkanes) is 1. The van der Waals surface area contributed by atoms with Crippen LogP contribution >= 0.6 is 11.8 Å². The monoisotopic (exact) mass is 287 g/mol. The van der Waals surface area contributed by atoms with Crippen LogP contribution in [-0.2, 0) is 4.79 Å². The third-order valence-electron chi connectivity index (χ3n) is 4.00. The van der Waals surface area contributed by atoms with Crippen molar-refractivity contribution < 1.29 is 9.90 Å². The van der Waals surface area contributed by atoms with Crippen molar-refractivity contribution in [2.24, 2.45) is 5.92 Å². The molecule has 0 heterocycles. The van der Waals surface area contributed by atoms with Crippen LogP contribution in [0.4, 0.5) is 0 Å². The van der Waals surface area contributed by atoms with Crippen LogP contribution in [0.1, 0.15) is 59.3 Å². The average molecular weight is 287 g/mol. The van der Waals surface area contributed by atoms with Gasteiger partial charge in [-0.25, -0.2) is 0 Å². The van der Waals surface area contributed by atoms with Crippen LogP contribution in [0.2, 0.25) is 0 Å². The highest BCUT2D eigenvalue weighted by Gasteiger charge is 2.48. The molecule has 3 nitrogen and oxygen atoms in total. The Morgan fingerprint density at radius 3 is 2.79 bits per heavy atom. The number of carboxylic acid groups (broad SMARTS) is 1. The lowest BCUT2D eigenvalue weighted by molar-refractivity contribution is -0.147. The molecule has 0 saturated heterocycles. The molecule has 1 saturated carbocycles. The molecular weight excluding hydrogens is 258 g/mol. The lowest BCUT2D eigenvalue weighted by Crippen LogP contribution is -2.57. The van der Waals surface area contributed by atoms with Gasteiger partial charge in [0.25, 0.3) is 0 Å². The topological polar surface area (TPSA) is 49.3 Å². The van der Waals surface area contributed by atoms with Gasteiger partial charge in [0.15, 0.2) is 0 Å². The smallest absolute Gasteiger partial charge is 0.324 e. The largest absolute Gasteiger partial charge is 0.480 e. The highest BCUT2D eigenvalue weighted by atomic mass is 32.2. The molecule has 1 fully saturated rings.